The summed E-state index contributed by atoms with van der Waals surface area (Å²) in [6, 6.07) is 5.60. The number of hydrogen-bond acceptors (Lipinski definition) is 5. The van der Waals surface area contributed by atoms with Gasteiger partial charge in [0, 0.05) is 17.4 Å². The van der Waals surface area contributed by atoms with E-state index >= 15 is 0 Å². The number of hydrogen-bond donors (Lipinski definition) is 2. The van der Waals surface area contributed by atoms with Crippen molar-refractivity contribution in [3.05, 3.63) is 34.5 Å². The molecule has 8 nitrogen and oxygen atoms in total. The van der Waals surface area contributed by atoms with Gasteiger partial charge in [-0.1, -0.05) is 44.0 Å². The van der Waals surface area contributed by atoms with Gasteiger partial charge in [0.25, 0.3) is 0 Å². The third kappa shape index (κ3) is 4.42. The normalized spacial score (nSPS) is 11.7. The summed E-state index contributed by atoms with van der Waals surface area (Å²) in [4.78, 5) is 26.7. The summed E-state index contributed by atoms with van der Waals surface area (Å²) in [5.41, 5.74) is 3.42. The molecule has 1 aromatic carbocycles. The first kappa shape index (κ1) is 20.9. The zero-order valence-corrected chi connectivity index (χ0v) is 17.8. The van der Waals surface area contributed by atoms with Crippen LogP contribution in [0.15, 0.2) is 18.2 Å². The lowest BCUT2D eigenvalue weighted by Gasteiger charge is -2.14. The number of ether oxygens (including phenoxy) is 1. The average Bonchev–Trinajstić information content (AvgIpc) is 3.20. The molecule has 9 heteroatoms. The Labute approximate surface area is 173 Å². The largest absolute Gasteiger partial charge is 0.469 e. The number of rotatable bonds is 5. The highest BCUT2D eigenvalue weighted by Crippen LogP contribution is 2.33. The minimum atomic E-state index is -0.430. The lowest BCUT2D eigenvalue weighted by atomic mass is 9.92. The van der Waals surface area contributed by atoms with Gasteiger partial charge in [0.2, 0.25) is 5.91 Å². The lowest BCUT2D eigenvalue weighted by Crippen LogP contribution is -2.14. The molecule has 0 spiro atoms. The molecule has 0 aliphatic rings. The van der Waals surface area contributed by atoms with Gasteiger partial charge in [-0.15, -0.1) is 9.73 Å². The molecular weight excluding hydrogens is 394 g/mol. The Bertz CT molecular complexity index is 1080. The van der Waals surface area contributed by atoms with E-state index in [1.165, 1.54) is 11.7 Å². The first-order valence-electron chi connectivity index (χ1n) is 9.23. The average molecular weight is 418 g/mol. The standard InChI is InChI=1S/C20H24ClN5O3/c1-11-6-7-13(22-14(27)8-9-15(28)29-5)12(10-11)18-23-19-16(21)17(20(2,3)4)24-26(19)25-18/h6-7,10H,8-9H2,1-5H3,(H,22,27)(H,23,25). The third-order valence-electron chi connectivity index (χ3n) is 4.44. The number of aromatic amines is 1. The number of aromatic nitrogens is 4. The smallest absolute Gasteiger partial charge is 0.306 e. The second kappa shape index (κ2) is 7.87. The summed E-state index contributed by atoms with van der Waals surface area (Å²) in [5.74, 6) is -0.187. The van der Waals surface area contributed by atoms with E-state index < -0.39 is 5.97 Å². The van der Waals surface area contributed by atoms with Crippen molar-refractivity contribution < 1.29 is 14.3 Å². The fourth-order valence-electron chi connectivity index (χ4n) is 2.89. The molecule has 154 valence electrons. The minimum Gasteiger partial charge on any atom is -0.469 e. The van der Waals surface area contributed by atoms with Gasteiger partial charge in [0.15, 0.2) is 11.5 Å². The van der Waals surface area contributed by atoms with E-state index in [1.54, 1.807) is 6.07 Å². The highest BCUT2D eigenvalue weighted by molar-refractivity contribution is 6.34. The number of carbonyl (C=O) groups excluding carboxylic acids is 2. The van der Waals surface area contributed by atoms with Crippen molar-refractivity contribution in [1.82, 2.24) is 19.8 Å². The number of H-pyrrole nitrogens is 1. The maximum atomic E-state index is 12.2. The van der Waals surface area contributed by atoms with E-state index in [-0.39, 0.29) is 24.2 Å². The number of esters is 1. The number of nitrogens with zero attached hydrogens (tertiary/aromatic N) is 3. The van der Waals surface area contributed by atoms with Gasteiger partial charge < -0.3 is 15.0 Å². The summed E-state index contributed by atoms with van der Waals surface area (Å²) in [6.45, 7) is 8.04. The van der Waals surface area contributed by atoms with Crippen LogP contribution < -0.4 is 5.32 Å². The molecule has 2 N–H and O–H groups in total. The maximum absolute atomic E-state index is 12.2. The van der Waals surface area contributed by atoms with Gasteiger partial charge in [-0.2, -0.15) is 5.10 Å². The molecule has 0 atom stereocenters. The highest BCUT2D eigenvalue weighted by atomic mass is 35.5. The molecule has 2 aromatic heterocycles. The number of fused-ring (bicyclic) bond motifs is 1. The van der Waals surface area contributed by atoms with Gasteiger partial charge in [-0.05, 0) is 19.1 Å². The van der Waals surface area contributed by atoms with Crippen LogP contribution in [-0.2, 0) is 19.7 Å². The number of aryl methyl sites for hydroxylation is 1. The molecule has 0 radical (unpaired) electrons. The number of nitrogens with one attached hydrogen (secondary N) is 2. The third-order valence-corrected chi connectivity index (χ3v) is 4.80. The minimum absolute atomic E-state index is 0.0172. The Hall–Kier alpha value is -2.87. The Kier molecular flexibility index (Phi) is 5.66. The van der Waals surface area contributed by atoms with Crippen LogP contribution in [0, 0.1) is 6.92 Å². The summed E-state index contributed by atoms with van der Waals surface area (Å²) < 4.78 is 6.05. The second-order valence-corrected chi connectivity index (χ2v) is 8.28. The molecule has 3 rings (SSSR count). The molecule has 0 fully saturated rings. The number of benzene rings is 1. The molecule has 0 aliphatic carbocycles. The number of amides is 1. The Morgan fingerprint density at radius 3 is 2.59 bits per heavy atom. The number of halogens is 1. The van der Waals surface area contributed by atoms with Crippen LogP contribution in [0.2, 0.25) is 5.02 Å². The van der Waals surface area contributed by atoms with E-state index in [2.05, 4.69) is 25.2 Å². The summed E-state index contributed by atoms with van der Waals surface area (Å²) in [7, 11) is 1.29. The van der Waals surface area contributed by atoms with Crippen LogP contribution in [0.25, 0.3) is 17.0 Å². The molecule has 0 saturated heterocycles. The van der Waals surface area contributed by atoms with Crippen molar-refractivity contribution in [1.29, 1.82) is 0 Å². The molecule has 29 heavy (non-hydrogen) atoms. The van der Waals surface area contributed by atoms with E-state index in [4.69, 9.17) is 11.6 Å². The number of anilines is 1. The van der Waals surface area contributed by atoms with E-state index in [9.17, 15) is 9.59 Å². The molecule has 1 amide bonds. The van der Waals surface area contributed by atoms with Gasteiger partial charge in [-0.25, -0.2) is 0 Å². The lowest BCUT2D eigenvalue weighted by molar-refractivity contribution is -0.141. The van der Waals surface area contributed by atoms with Gasteiger partial charge >= 0.3 is 5.97 Å². The van der Waals surface area contributed by atoms with E-state index in [1.807, 2.05) is 39.8 Å². The first-order valence-corrected chi connectivity index (χ1v) is 9.60. The molecule has 0 saturated carbocycles. The van der Waals surface area contributed by atoms with Crippen molar-refractivity contribution in [3.8, 4) is 11.4 Å². The summed E-state index contributed by atoms with van der Waals surface area (Å²) in [5, 5.41) is 12.4. The molecular formula is C20H24ClN5O3. The number of carbonyl (C=O) groups is 2. The summed E-state index contributed by atoms with van der Waals surface area (Å²) >= 11 is 6.51. The van der Waals surface area contributed by atoms with Crippen LogP contribution in [0.4, 0.5) is 5.69 Å². The van der Waals surface area contributed by atoms with Gasteiger partial charge in [0.05, 0.1) is 24.9 Å². The van der Waals surface area contributed by atoms with E-state index in [0.717, 1.165) is 11.3 Å². The van der Waals surface area contributed by atoms with Crippen molar-refractivity contribution in [2.45, 2.75) is 46.0 Å². The Morgan fingerprint density at radius 2 is 1.97 bits per heavy atom. The van der Waals surface area contributed by atoms with Crippen molar-refractivity contribution in [2.24, 2.45) is 0 Å². The van der Waals surface area contributed by atoms with Gasteiger partial charge in [-0.3, -0.25) is 9.59 Å². The maximum Gasteiger partial charge on any atom is 0.306 e. The van der Waals surface area contributed by atoms with Crippen LogP contribution >= 0.6 is 11.6 Å². The molecule has 0 aliphatic heterocycles. The first-order chi connectivity index (χ1) is 13.6. The molecule has 3 aromatic rings. The van der Waals surface area contributed by atoms with Crippen LogP contribution in [0.5, 0.6) is 0 Å². The Balaban J connectivity index is 1.93. The van der Waals surface area contributed by atoms with Crippen LogP contribution in [0.1, 0.15) is 44.9 Å². The van der Waals surface area contributed by atoms with E-state index in [0.29, 0.717) is 27.7 Å². The highest BCUT2D eigenvalue weighted by Gasteiger charge is 2.25. The monoisotopic (exact) mass is 417 g/mol. The number of methoxy groups -OCH3 is 1. The zero-order chi connectivity index (χ0) is 21.3. The van der Waals surface area contributed by atoms with Crippen molar-refractivity contribution in [2.75, 3.05) is 12.4 Å². The second-order valence-electron chi connectivity index (χ2n) is 7.90. The predicted molar refractivity (Wildman–Crippen MR) is 111 cm³/mol. The quantitative estimate of drug-likeness (QED) is 0.613. The Morgan fingerprint density at radius 1 is 1.24 bits per heavy atom. The fourth-order valence-corrected chi connectivity index (χ4v) is 3.34. The molecule has 2 heterocycles. The zero-order valence-electron chi connectivity index (χ0n) is 17.1. The van der Waals surface area contributed by atoms with Crippen molar-refractivity contribution in [3.63, 3.8) is 0 Å². The van der Waals surface area contributed by atoms with Crippen LogP contribution in [0.3, 0.4) is 0 Å². The fraction of sp³-hybridized carbons (Fsp3) is 0.400. The van der Waals surface area contributed by atoms with Crippen LogP contribution in [-0.4, -0.2) is 38.8 Å². The predicted octanol–water partition coefficient (Wildman–Crippen LogP) is 3.88. The molecule has 0 unspecified atom stereocenters. The van der Waals surface area contributed by atoms with Crippen molar-refractivity contribution >= 4 is 34.8 Å². The van der Waals surface area contributed by atoms with Gasteiger partial charge in [0.1, 0.15) is 5.02 Å². The summed E-state index contributed by atoms with van der Waals surface area (Å²) in [6.07, 6.45) is 0.0472. The SMILES string of the molecule is COC(=O)CCC(=O)Nc1ccc(C)cc1-c1nn2nc(C(C)(C)C)c(Cl)c2[nH]1. The molecule has 0 bridgehead atoms. The topological polar surface area (TPSA) is 101 Å².